The molecule has 4 rings (SSSR count). The number of methoxy groups -OCH3 is 1. The van der Waals surface area contributed by atoms with E-state index in [0.29, 0.717) is 22.2 Å². The second-order valence-corrected chi connectivity index (χ2v) is 8.55. The third-order valence-corrected chi connectivity index (χ3v) is 6.12. The molecular weight excluding hydrogens is 410 g/mol. The van der Waals surface area contributed by atoms with Crippen LogP contribution in [0.4, 0.5) is 5.82 Å². The number of nitrogens with zero attached hydrogens (tertiary/aromatic N) is 3. The Hall–Kier alpha value is -3.39. The van der Waals surface area contributed by atoms with Gasteiger partial charge in [0.1, 0.15) is 11.6 Å². The van der Waals surface area contributed by atoms with Gasteiger partial charge in [0.25, 0.3) is 5.91 Å². The standard InChI is InChI=1S/C23H25N5O2S/c1-14-25-19(12-21(26-14)28(2)3)18(27-23(29)20-9-10-22(30-4)31-20)11-15-13-24-17-8-6-5-7-16(15)17/h5-10,12-13,18,24H,11H2,1-4H3,(H,27,29)/t18-/m0/s1. The molecule has 0 unspecified atom stereocenters. The molecule has 8 heteroatoms. The number of amides is 1. The Morgan fingerprint density at radius 3 is 2.77 bits per heavy atom. The summed E-state index contributed by atoms with van der Waals surface area (Å²) in [7, 11) is 5.48. The number of rotatable bonds is 7. The Bertz CT molecular complexity index is 1210. The van der Waals surface area contributed by atoms with Gasteiger partial charge in [-0.15, -0.1) is 0 Å². The van der Waals surface area contributed by atoms with Crippen molar-refractivity contribution < 1.29 is 9.53 Å². The largest absolute Gasteiger partial charge is 0.487 e. The van der Waals surface area contributed by atoms with Crippen LogP contribution in [-0.4, -0.2) is 42.1 Å². The van der Waals surface area contributed by atoms with Crippen LogP contribution in [0.5, 0.6) is 5.06 Å². The summed E-state index contributed by atoms with van der Waals surface area (Å²) >= 11 is 1.32. The maximum atomic E-state index is 13.0. The Labute approximate surface area is 185 Å². The molecule has 1 atom stereocenters. The van der Waals surface area contributed by atoms with Crippen molar-refractivity contribution in [3.05, 3.63) is 70.6 Å². The highest BCUT2D eigenvalue weighted by Crippen LogP contribution is 2.28. The van der Waals surface area contributed by atoms with Gasteiger partial charge in [-0.3, -0.25) is 4.79 Å². The van der Waals surface area contributed by atoms with E-state index in [1.807, 2.05) is 56.4 Å². The number of ether oxygens (including phenoxy) is 1. The van der Waals surface area contributed by atoms with E-state index < -0.39 is 0 Å². The molecule has 7 nitrogen and oxygen atoms in total. The van der Waals surface area contributed by atoms with Crippen molar-refractivity contribution >= 4 is 34.0 Å². The molecule has 0 radical (unpaired) electrons. The number of nitrogens with one attached hydrogen (secondary N) is 2. The predicted octanol–water partition coefficient (Wildman–Crippen LogP) is 4.12. The number of hydrogen-bond donors (Lipinski definition) is 2. The van der Waals surface area contributed by atoms with Crippen molar-refractivity contribution in [2.75, 3.05) is 26.1 Å². The smallest absolute Gasteiger partial charge is 0.262 e. The van der Waals surface area contributed by atoms with Crippen molar-refractivity contribution in [1.29, 1.82) is 0 Å². The highest BCUT2D eigenvalue weighted by Gasteiger charge is 2.22. The third-order valence-electron chi connectivity index (χ3n) is 5.07. The summed E-state index contributed by atoms with van der Waals surface area (Å²) in [5.41, 5.74) is 2.96. The second-order valence-electron chi connectivity index (χ2n) is 7.51. The lowest BCUT2D eigenvalue weighted by Gasteiger charge is -2.20. The topological polar surface area (TPSA) is 83.1 Å². The van der Waals surface area contributed by atoms with Crippen LogP contribution in [0, 0.1) is 6.92 Å². The first-order valence-corrected chi connectivity index (χ1v) is 10.8. The number of para-hydroxylation sites is 1. The molecule has 2 N–H and O–H groups in total. The van der Waals surface area contributed by atoms with E-state index in [-0.39, 0.29) is 11.9 Å². The summed E-state index contributed by atoms with van der Waals surface area (Å²) in [6, 6.07) is 13.3. The fraction of sp³-hybridized carbons (Fsp3) is 0.261. The summed E-state index contributed by atoms with van der Waals surface area (Å²) in [5, 5.41) is 5.01. The van der Waals surface area contributed by atoms with Crippen LogP contribution in [0.1, 0.15) is 32.8 Å². The number of carbonyl (C=O) groups excluding carboxylic acids is 1. The van der Waals surface area contributed by atoms with Crippen LogP contribution in [0.25, 0.3) is 10.9 Å². The van der Waals surface area contributed by atoms with Gasteiger partial charge in [0.15, 0.2) is 5.06 Å². The molecule has 0 saturated heterocycles. The van der Waals surface area contributed by atoms with E-state index in [4.69, 9.17) is 4.74 Å². The number of aromatic nitrogens is 3. The van der Waals surface area contributed by atoms with Crippen LogP contribution in [0.15, 0.2) is 48.7 Å². The number of H-pyrrole nitrogens is 1. The molecular formula is C23H25N5O2S. The van der Waals surface area contributed by atoms with Crippen LogP contribution in [0.2, 0.25) is 0 Å². The summed E-state index contributed by atoms with van der Waals surface area (Å²) in [4.78, 5) is 28.0. The monoisotopic (exact) mass is 435 g/mol. The SMILES string of the molecule is COc1ccc(C(=O)N[C@@H](Cc2c[nH]c3ccccc23)c2cc(N(C)C)nc(C)n2)s1. The minimum atomic E-state index is -0.319. The molecule has 0 bridgehead atoms. The molecule has 0 spiro atoms. The summed E-state index contributed by atoms with van der Waals surface area (Å²) < 4.78 is 5.23. The minimum Gasteiger partial charge on any atom is -0.487 e. The molecule has 1 aromatic carbocycles. The van der Waals surface area contributed by atoms with Crippen LogP contribution in [-0.2, 0) is 6.42 Å². The lowest BCUT2D eigenvalue weighted by Crippen LogP contribution is -2.30. The zero-order valence-corrected chi connectivity index (χ0v) is 18.8. The molecule has 3 heterocycles. The van der Waals surface area contributed by atoms with Gasteiger partial charge in [-0.2, -0.15) is 0 Å². The van der Waals surface area contributed by atoms with E-state index in [0.717, 1.165) is 28.0 Å². The molecule has 4 aromatic rings. The van der Waals surface area contributed by atoms with E-state index in [9.17, 15) is 4.79 Å². The molecule has 0 aliphatic carbocycles. The molecule has 0 fully saturated rings. The van der Waals surface area contributed by atoms with Crippen molar-refractivity contribution in [2.45, 2.75) is 19.4 Å². The first kappa shape index (κ1) is 20.9. The lowest BCUT2D eigenvalue weighted by molar-refractivity contribution is 0.0939. The number of anilines is 1. The van der Waals surface area contributed by atoms with Gasteiger partial charge in [0, 0.05) is 43.7 Å². The second kappa shape index (κ2) is 8.77. The number of aryl methyl sites for hydroxylation is 1. The maximum Gasteiger partial charge on any atom is 0.262 e. The van der Waals surface area contributed by atoms with Crippen molar-refractivity contribution in [3.8, 4) is 5.06 Å². The van der Waals surface area contributed by atoms with E-state index in [2.05, 4.69) is 26.3 Å². The zero-order valence-electron chi connectivity index (χ0n) is 18.0. The van der Waals surface area contributed by atoms with Gasteiger partial charge in [-0.25, -0.2) is 9.97 Å². The van der Waals surface area contributed by atoms with Crippen LogP contribution < -0.4 is 15.0 Å². The molecule has 0 saturated carbocycles. The first-order chi connectivity index (χ1) is 14.9. The first-order valence-electron chi connectivity index (χ1n) is 9.97. The fourth-order valence-corrected chi connectivity index (χ4v) is 4.24. The Kier molecular flexibility index (Phi) is 5.90. The van der Waals surface area contributed by atoms with Crippen molar-refractivity contribution in [2.24, 2.45) is 0 Å². The lowest BCUT2D eigenvalue weighted by atomic mass is 10.0. The van der Waals surface area contributed by atoms with Gasteiger partial charge >= 0.3 is 0 Å². The molecule has 1 amide bonds. The molecule has 3 aromatic heterocycles. The van der Waals surface area contributed by atoms with E-state index >= 15 is 0 Å². The van der Waals surface area contributed by atoms with Crippen molar-refractivity contribution in [1.82, 2.24) is 20.3 Å². The normalized spacial score (nSPS) is 12.0. The van der Waals surface area contributed by atoms with Crippen LogP contribution >= 0.6 is 11.3 Å². The minimum absolute atomic E-state index is 0.152. The molecule has 31 heavy (non-hydrogen) atoms. The fourth-order valence-electron chi connectivity index (χ4n) is 3.51. The quantitative estimate of drug-likeness (QED) is 0.456. The van der Waals surface area contributed by atoms with Gasteiger partial charge in [0.2, 0.25) is 0 Å². The van der Waals surface area contributed by atoms with E-state index in [1.54, 1.807) is 19.2 Å². The number of thiophene rings is 1. The number of benzene rings is 1. The van der Waals surface area contributed by atoms with Gasteiger partial charge in [-0.05, 0) is 30.7 Å². The van der Waals surface area contributed by atoms with E-state index in [1.165, 1.54) is 11.3 Å². The third kappa shape index (κ3) is 4.54. The molecule has 160 valence electrons. The Balaban J connectivity index is 1.70. The predicted molar refractivity (Wildman–Crippen MR) is 124 cm³/mol. The van der Waals surface area contributed by atoms with Gasteiger partial charge < -0.3 is 19.9 Å². The molecule has 0 aliphatic rings. The summed E-state index contributed by atoms with van der Waals surface area (Å²) in [5.74, 6) is 1.32. The zero-order chi connectivity index (χ0) is 22.0. The average Bonchev–Trinajstić information content (AvgIpc) is 3.40. The van der Waals surface area contributed by atoms with Gasteiger partial charge in [0.05, 0.1) is 23.7 Å². The highest BCUT2D eigenvalue weighted by molar-refractivity contribution is 7.15. The van der Waals surface area contributed by atoms with Crippen molar-refractivity contribution in [3.63, 3.8) is 0 Å². The van der Waals surface area contributed by atoms with Crippen LogP contribution in [0.3, 0.4) is 0 Å². The summed E-state index contributed by atoms with van der Waals surface area (Å²) in [6.45, 7) is 1.87. The number of carbonyl (C=O) groups is 1. The molecule has 0 aliphatic heterocycles. The average molecular weight is 436 g/mol. The Morgan fingerprint density at radius 2 is 2.03 bits per heavy atom. The number of hydrogen-bond acceptors (Lipinski definition) is 6. The Morgan fingerprint density at radius 1 is 1.23 bits per heavy atom. The summed E-state index contributed by atoms with van der Waals surface area (Å²) in [6.07, 6.45) is 2.60. The highest BCUT2D eigenvalue weighted by atomic mass is 32.1. The number of aromatic amines is 1. The maximum absolute atomic E-state index is 13.0. The number of fused-ring (bicyclic) bond motifs is 1. The van der Waals surface area contributed by atoms with Gasteiger partial charge in [-0.1, -0.05) is 29.5 Å².